The highest BCUT2D eigenvalue weighted by Gasteiger charge is 2.27. The zero-order valence-corrected chi connectivity index (χ0v) is 12.4. The molecule has 0 atom stereocenters. The molecule has 0 N–H and O–H groups in total. The number of carbonyl (C=O) groups is 1. The third-order valence-corrected chi connectivity index (χ3v) is 3.11. The Morgan fingerprint density at radius 2 is 1.90 bits per heavy atom. The van der Waals surface area contributed by atoms with Crippen LogP contribution in [0.4, 0.5) is 4.79 Å². The van der Waals surface area contributed by atoms with Crippen molar-refractivity contribution in [2.24, 2.45) is 0 Å². The fraction of sp³-hybridized carbons (Fsp3) is 0.500. The van der Waals surface area contributed by atoms with Crippen LogP contribution < -0.4 is 10.2 Å². The van der Waals surface area contributed by atoms with Gasteiger partial charge in [0.25, 0.3) is 0 Å². The number of hydrogen-bond acceptors (Lipinski definition) is 4. The molecule has 4 nitrogen and oxygen atoms in total. The van der Waals surface area contributed by atoms with E-state index in [1.165, 1.54) is 6.07 Å². The molecule has 1 aromatic carbocycles. The lowest BCUT2D eigenvalue weighted by Gasteiger charge is -2.18. The van der Waals surface area contributed by atoms with Gasteiger partial charge in [-0.1, -0.05) is 12.1 Å². The van der Waals surface area contributed by atoms with E-state index in [1.54, 1.807) is 26.8 Å². The Bertz CT molecular complexity index is 580. The summed E-state index contributed by atoms with van der Waals surface area (Å²) in [4.78, 5) is 23.8. The summed E-state index contributed by atoms with van der Waals surface area (Å²) in [6, 6.07) is 5.06. The van der Waals surface area contributed by atoms with Crippen LogP contribution in [0.5, 0.6) is 5.75 Å². The standard InChI is InChI=1S/C16H20O4/c1-10-12(11-8-9-11)6-5-7-13(17)14(10)19-15(18)20-16(2,3)4/h5-7,11H,8-9H2,1-4H3. The molecule has 4 heteroatoms. The average Bonchev–Trinajstić information content (AvgIpc) is 3.11. The Hall–Kier alpha value is -1.84. The maximum atomic E-state index is 12.0. The minimum Gasteiger partial charge on any atom is -0.428 e. The normalized spacial score (nSPS) is 14.8. The summed E-state index contributed by atoms with van der Waals surface area (Å²) in [5, 5.41) is 0. The summed E-state index contributed by atoms with van der Waals surface area (Å²) in [6.45, 7) is 7.06. The highest BCUT2D eigenvalue weighted by atomic mass is 16.7. The van der Waals surface area contributed by atoms with E-state index in [9.17, 15) is 9.59 Å². The van der Waals surface area contributed by atoms with Gasteiger partial charge < -0.3 is 9.47 Å². The second-order valence-electron chi connectivity index (χ2n) is 6.14. The molecular formula is C16H20O4. The SMILES string of the molecule is Cc1c(C2CC2)cccc(=O)c1OC(=O)OC(C)(C)C. The highest BCUT2D eigenvalue weighted by Crippen LogP contribution is 2.42. The van der Waals surface area contributed by atoms with Crippen molar-refractivity contribution in [1.29, 1.82) is 0 Å². The lowest BCUT2D eigenvalue weighted by molar-refractivity contribution is 0.0202. The Labute approximate surface area is 118 Å². The molecule has 108 valence electrons. The summed E-state index contributed by atoms with van der Waals surface area (Å²) in [6.07, 6.45) is 1.39. The van der Waals surface area contributed by atoms with Gasteiger partial charge in [-0.25, -0.2) is 4.79 Å². The Kier molecular flexibility index (Phi) is 3.84. The topological polar surface area (TPSA) is 52.6 Å². The lowest BCUT2D eigenvalue weighted by atomic mass is 10.1. The summed E-state index contributed by atoms with van der Waals surface area (Å²) in [5.74, 6) is 0.550. The van der Waals surface area contributed by atoms with E-state index in [0.717, 1.165) is 24.0 Å². The van der Waals surface area contributed by atoms with Crippen LogP contribution >= 0.6 is 0 Å². The van der Waals surface area contributed by atoms with Crippen molar-refractivity contribution < 1.29 is 14.3 Å². The van der Waals surface area contributed by atoms with Gasteiger partial charge in [-0.2, -0.15) is 0 Å². The maximum Gasteiger partial charge on any atom is 0.514 e. The molecule has 0 aliphatic heterocycles. The first-order valence-electron chi connectivity index (χ1n) is 6.82. The predicted molar refractivity (Wildman–Crippen MR) is 76.3 cm³/mol. The average molecular weight is 276 g/mol. The molecule has 0 heterocycles. The Morgan fingerprint density at radius 1 is 1.25 bits per heavy atom. The summed E-state index contributed by atoms with van der Waals surface area (Å²) < 4.78 is 10.3. The van der Waals surface area contributed by atoms with E-state index in [0.29, 0.717) is 5.92 Å². The molecule has 0 spiro atoms. The highest BCUT2D eigenvalue weighted by molar-refractivity contribution is 5.65. The van der Waals surface area contributed by atoms with Crippen LogP contribution in [0.3, 0.4) is 0 Å². The van der Waals surface area contributed by atoms with Crippen molar-refractivity contribution in [1.82, 2.24) is 0 Å². The summed E-state index contributed by atoms with van der Waals surface area (Å²) >= 11 is 0. The van der Waals surface area contributed by atoms with Crippen LogP contribution in [0.1, 0.15) is 50.7 Å². The molecule has 1 aromatic rings. The minimum absolute atomic E-state index is 0.0751. The van der Waals surface area contributed by atoms with Crippen LogP contribution in [0.2, 0.25) is 0 Å². The fourth-order valence-corrected chi connectivity index (χ4v) is 2.07. The molecule has 1 aliphatic rings. The van der Waals surface area contributed by atoms with Gasteiger partial charge in [0.15, 0.2) is 5.75 Å². The van der Waals surface area contributed by atoms with Crippen molar-refractivity contribution in [3.63, 3.8) is 0 Å². The quantitative estimate of drug-likeness (QED) is 0.775. The fourth-order valence-electron chi connectivity index (χ4n) is 2.07. The van der Waals surface area contributed by atoms with Crippen molar-refractivity contribution in [2.75, 3.05) is 0 Å². The minimum atomic E-state index is -0.842. The Morgan fingerprint density at radius 3 is 2.45 bits per heavy atom. The van der Waals surface area contributed by atoms with E-state index in [4.69, 9.17) is 9.47 Å². The monoisotopic (exact) mass is 276 g/mol. The smallest absolute Gasteiger partial charge is 0.428 e. The van der Waals surface area contributed by atoms with Gasteiger partial charge in [0.2, 0.25) is 5.43 Å². The lowest BCUT2D eigenvalue weighted by Crippen LogP contribution is -2.27. The van der Waals surface area contributed by atoms with Crippen molar-refractivity contribution in [3.8, 4) is 5.75 Å². The molecule has 1 aliphatic carbocycles. The van der Waals surface area contributed by atoms with Crippen LogP contribution in [0, 0.1) is 6.92 Å². The second kappa shape index (κ2) is 5.27. The molecule has 0 aromatic heterocycles. The molecule has 0 bridgehead atoms. The van der Waals surface area contributed by atoms with Gasteiger partial charge in [0.1, 0.15) is 5.60 Å². The third-order valence-electron chi connectivity index (χ3n) is 3.11. The summed E-state index contributed by atoms with van der Waals surface area (Å²) in [7, 11) is 0. The summed E-state index contributed by atoms with van der Waals surface area (Å²) in [5.41, 5.74) is 0.851. The van der Waals surface area contributed by atoms with Gasteiger partial charge in [0, 0.05) is 0 Å². The van der Waals surface area contributed by atoms with Gasteiger partial charge >= 0.3 is 6.16 Å². The molecule has 0 unspecified atom stereocenters. The van der Waals surface area contributed by atoms with Crippen molar-refractivity contribution >= 4 is 6.16 Å². The molecule has 0 amide bonds. The van der Waals surface area contributed by atoms with E-state index >= 15 is 0 Å². The van der Waals surface area contributed by atoms with Crippen LogP contribution in [-0.4, -0.2) is 11.8 Å². The van der Waals surface area contributed by atoms with Crippen LogP contribution in [0.25, 0.3) is 0 Å². The molecular weight excluding hydrogens is 256 g/mol. The van der Waals surface area contributed by atoms with E-state index in [2.05, 4.69) is 0 Å². The molecule has 1 fully saturated rings. The van der Waals surface area contributed by atoms with E-state index in [1.807, 2.05) is 13.0 Å². The first-order chi connectivity index (χ1) is 9.28. The first kappa shape index (κ1) is 14.6. The first-order valence-corrected chi connectivity index (χ1v) is 6.82. The molecule has 20 heavy (non-hydrogen) atoms. The number of rotatable bonds is 2. The number of ether oxygens (including phenoxy) is 2. The van der Waals surface area contributed by atoms with E-state index < -0.39 is 11.8 Å². The maximum absolute atomic E-state index is 12.0. The third kappa shape index (κ3) is 3.59. The van der Waals surface area contributed by atoms with Crippen molar-refractivity contribution in [3.05, 3.63) is 39.5 Å². The molecule has 0 radical (unpaired) electrons. The predicted octanol–water partition coefficient (Wildman–Crippen LogP) is 3.55. The largest absolute Gasteiger partial charge is 0.514 e. The number of hydrogen-bond donors (Lipinski definition) is 0. The van der Waals surface area contributed by atoms with Gasteiger partial charge in [0.05, 0.1) is 0 Å². The Balaban J connectivity index is 2.32. The van der Waals surface area contributed by atoms with Crippen LogP contribution in [0.15, 0.2) is 23.0 Å². The zero-order chi connectivity index (χ0) is 14.9. The zero-order valence-electron chi connectivity index (χ0n) is 12.4. The van der Waals surface area contributed by atoms with Gasteiger partial charge in [-0.3, -0.25) is 4.79 Å². The van der Waals surface area contributed by atoms with Crippen LogP contribution in [-0.2, 0) is 4.74 Å². The molecule has 1 saturated carbocycles. The molecule has 0 saturated heterocycles. The van der Waals surface area contributed by atoms with Gasteiger partial charge in [-0.05, 0) is 63.6 Å². The molecule has 2 rings (SSSR count). The van der Waals surface area contributed by atoms with Crippen molar-refractivity contribution in [2.45, 2.75) is 52.1 Å². The van der Waals surface area contributed by atoms with Gasteiger partial charge in [-0.15, -0.1) is 0 Å². The number of carbonyl (C=O) groups excluding carboxylic acids is 1. The second-order valence-corrected chi connectivity index (χ2v) is 6.14. The van der Waals surface area contributed by atoms with E-state index in [-0.39, 0.29) is 11.2 Å².